The molecule has 0 heterocycles. The maximum Gasteiger partial charge on any atom is 0.119 e. The van der Waals surface area contributed by atoms with Gasteiger partial charge in [0, 0.05) is 13.1 Å². The first-order chi connectivity index (χ1) is 9.63. The molecule has 0 aliphatic carbocycles. The molecule has 1 N–H and O–H groups in total. The van der Waals surface area contributed by atoms with Gasteiger partial charge < -0.3 is 10.1 Å². The minimum absolute atomic E-state index is 0.222. The van der Waals surface area contributed by atoms with Crippen molar-refractivity contribution in [1.82, 2.24) is 5.32 Å². The first-order valence-corrected chi connectivity index (χ1v) is 7.15. The van der Waals surface area contributed by atoms with Gasteiger partial charge in [0.2, 0.25) is 0 Å². The molecule has 0 unspecified atom stereocenters. The minimum atomic E-state index is 0.222. The van der Waals surface area contributed by atoms with Crippen molar-refractivity contribution in [2.24, 2.45) is 0 Å². The zero-order valence-electron chi connectivity index (χ0n) is 12.5. The van der Waals surface area contributed by atoms with Crippen LogP contribution >= 0.6 is 0 Å². The van der Waals surface area contributed by atoms with E-state index in [0.717, 1.165) is 18.8 Å². The molecular formula is C18H23NO. The van der Waals surface area contributed by atoms with Gasteiger partial charge in [-0.2, -0.15) is 0 Å². The van der Waals surface area contributed by atoms with Crippen molar-refractivity contribution in [1.29, 1.82) is 0 Å². The van der Waals surface area contributed by atoms with Crippen LogP contribution in [0.2, 0.25) is 0 Å². The molecule has 0 bridgehead atoms. The molecule has 0 radical (unpaired) electrons. The summed E-state index contributed by atoms with van der Waals surface area (Å²) >= 11 is 0. The lowest BCUT2D eigenvalue weighted by molar-refractivity contribution is 0.242. The van der Waals surface area contributed by atoms with E-state index in [1.807, 2.05) is 26.0 Å². The van der Waals surface area contributed by atoms with E-state index >= 15 is 0 Å². The summed E-state index contributed by atoms with van der Waals surface area (Å²) < 4.78 is 5.64. The van der Waals surface area contributed by atoms with E-state index in [9.17, 15) is 0 Å². The highest BCUT2D eigenvalue weighted by Crippen LogP contribution is 2.13. The highest BCUT2D eigenvalue weighted by molar-refractivity contribution is 5.27. The Bertz CT molecular complexity index is 531. The molecule has 0 fully saturated rings. The molecule has 0 spiro atoms. The zero-order valence-corrected chi connectivity index (χ0v) is 12.5. The summed E-state index contributed by atoms with van der Waals surface area (Å²) in [4.78, 5) is 0. The molecule has 0 aliphatic rings. The highest BCUT2D eigenvalue weighted by Gasteiger charge is 1.98. The Morgan fingerprint density at radius 2 is 1.65 bits per heavy atom. The lowest BCUT2D eigenvalue weighted by atomic mass is 10.1. The summed E-state index contributed by atoms with van der Waals surface area (Å²) in [6.07, 6.45) is 0.222. The van der Waals surface area contributed by atoms with Crippen LogP contribution < -0.4 is 10.1 Å². The fourth-order valence-corrected chi connectivity index (χ4v) is 2.13. The average molecular weight is 269 g/mol. The maximum atomic E-state index is 5.64. The van der Waals surface area contributed by atoms with Gasteiger partial charge in [0.25, 0.3) is 0 Å². The van der Waals surface area contributed by atoms with Crippen LogP contribution in [0.5, 0.6) is 5.75 Å². The van der Waals surface area contributed by atoms with Gasteiger partial charge in [-0.15, -0.1) is 0 Å². The molecule has 2 heteroatoms. The molecule has 0 atom stereocenters. The van der Waals surface area contributed by atoms with Gasteiger partial charge in [-0.25, -0.2) is 0 Å². The second-order valence-electron chi connectivity index (χ2n) is 5.40. The number of nitrogens with one attached hydrogen (secondary N) is 1. The second kappa shape index (κ2) is 7.11. The van der Waals surface area contributed by atoms with Gasteiger partial charge in [-0.05, 0) is 44.0 Å². The molecule has 0 saturated heterocycles. The normalized spacial score (nSPS) is 10.8. The Morgan fingerprint density at radius 1 is 0.950 bits per heavy atom. The first kappa shape index (κ1) is 14.6. The van der Waals surface area contributed by atoms with Crippen LogP contribution in [0.1, 0.15) is 30.5 Å². The predicted octanol–water partition coefficient (Wildman–Crippen LogP) is 4.07. The maximum absolute atomic E-state index is 5.64. The van der Waals surface area contributed by atoms with Crippen molar-refractivity contribution < 1.29 is 4.74 Å². The Kier molecular flexibility index (Phi) is 5.19. The number of hydrogen-bond acceptors (Lipinski definition) is 2. The minimum Gasteiger partial charge on any atom is -0.491 e. The molecule has 20 heavy (non-hydrogen) atoms. The fraction of sp³-hybridized carbons (Fsp3) is 0.333. The van der Waals surface area contributed by atoms with Gasteiger partial charge in [-0.3, -0.25) is 0 Å². The Morgan fingerprint density at radius 3 is 2.30 bits per heavy atom. The van der Waals surface area contributed by atoms with Crippen LogP contribution in [-0.2, 0) is 13.1 Å². The van der Waals surface area contributed by atoms with E-state index in [1.165, 1.54) is 16.7 Å². The summed E-state index contributed by atoms with van der Waals surface area (Å²) in [5.41, 5.74) is 3.90. The van der Waals surface area contributed by atoms with Crippen LogP contribution in [0.3, 0.4) is 0 Å². The second-order valence-corrected chi connectivity index (χ2v) is 5.40. The van der Waals surface area contributed by atoms with Gasteiger partial charge in [0.1, 0.15) is 5.75 Å². The number of hydrogen-bond donors (Lipinski definition) is 1. The monoisotopic (exact) mass is 269 g/mol. The third kappa shape index (κ3) is 4.71. The van der Waals surface area contributed by atoms with E-state index in [4.69, 9.17) is 4.74 Å². The summed E-state index contributed by atoms with van der Waals surface area (Å²) in [7, 11) is 0. The van der Waals surface area contributed by atoms with Crippen LogP contribution in [-0.4, -0.2) is 6.10 Å². The van der Waals surface area contributed by atoms with E-state index < -0.39 is 0 Å². The quantitative estimate of drug-likeness (QED) is 0.853. The van der Waals surface area contributed by atoms with E-state index in [0.29, 0.717) is 0 Å². The number of ether oxygens (including phenoxy) is 1. The fourth-order valence-electron chi connectivity index (χ4n) is 2.13. The molecule has 2 rings (SSSR count). The summed E-state index contributed by atoms with van der Waals surface area (Å²) in [5.74, 6) is 0.933. The lowest BCUT2D eigenvalue weighted by Crippen LogP contribution is -2.12. The molecule has 2 aromatic rings. The average Bonchev–Trinajstić information content (AvgIpc) is 2.40. The van der Waals surface area contributed by atoms with Crippen LogP contribution in [0, 0.1) is 6.92 Å². The number of rotatable bonds is 6. The Balaban J connectivity index is 1.82. The Labute approximate surface area is 121 Å². The lowest BCUT2D eigenvalue weighted by Gasteiger charge is -2.10. The molecule has 2 nitrogen and oxygen atoms in total. The van der Waals surface area contributed by atoms with E-state index in [-0.39, 0.29) is 6.10 Å². The van der Waals surface area contributed by atoms with Gasteiger partial charge in [-0.1, -0.05) is 42.0 Å². The Hall–Kier alpha value is -1.80. The molecule has 0 aliphatic heterocycles. The van der Waals surface area contributed by atoms with Crippen LogP contribution in [0.25, 0.3) is 0 Å². The summed E-state index contributed by atoms with van der Waals surface area (Å²) in [5, 5.41) is 3.46. The molecule has 106 valence electrons. The molecule has 2 aromatic carbocycles. The third-order valence-electron chi connectivity index (χ3n) is 3.04. The molecular weight excluding hydrogens is 246 g/mol. The van der Waals surface area contributed by atoms with Gasteiger partial charge in [0.15, 0.2) is 0 Å². The van der Waals surface area contributed by atoms with Gasteiger partial charge in [0.05, 0.1) is 6.10 Å². The molecule has 0 aromatic heterocycles. The standard InChI is InChI=1S/C18H23NO/c1-14(2)20-18-9-7-16(8-10-18)12-19-13-17-6-4-5-15(3)11-17/h4-11,14,19H,12-13H2,1-3H3. The predicted molar refractivity (Wildman–Crippen MR) is 83.9 cm³/mol. The van der Waals surface area contributed by atoms with Crippen molar-refractivity contribution in [2.75, 3.05) is 0 Å². The van der Waals surface area contributed by atoms with Crippen LogP contribution in [0.4, 0.5) is 0 Å². The topological polar surface area (TPSA) is 21.3 Å². The van der Waals surface area contributed by atoms with Crippen molar-refractivity contribution in [3.63, 3.8) is 0 Å². The van der Waals surface area contributed by atoms with Crippen molar-refractivity contribution in [2.45, 2.75) is 40.0 Å². The summed E-state index contributed by atoms with van der Waals surface area (Å²) in [6, 6.07) is 16.9. The highest BCUT2D eigenvalue weighted by atomic mass is 16.5. The number of benzene rings is 2. The van der Waals surface area contributed by atoms with Crippen molar-refractivity contribution >= 4 is 0 Å². The SMILES string of the molecule is Cc1cccc(CNCc2ccc(OC(C)C)cc2)c1. The van der Waals surface area contributed by atoms with Crippen LogP contribution in [0.15, 0.2) is 48.5 Å². The van der Waals surface area contributed by atoms with Crippen molar-refractivity contribution in [3.8, 4) is 5.75 Å². The summed E-state index contributed by atoms with van der Waals surface area (Å²) in [6.45, 7) is 7.97. The third-order valence-corrected chi connectivity index (χ3v) is 3.04. The zero-order chi connectivity index (χ0) is 14.4. The number of aryl methyl sites for hydroxylation is 1. The first-order valence-electron chi connectivity index (χ1n) is 7.15. The van der Waals surface area contributed by atoms with Crippen molar-refractivity contribution in [3.05, 3.63) is 65.2 Å². The van der Waals surface area contributed by atoms with E-state index in [1.54, 1.807) is 0 Å². The molecule has 0 saturated carbocycles. The molecule has 0 amide bonds. The van der Waals surface area contributed by atoms with Gasteiger partial charge >= 0.3 is 0 Å². The largest absolute Gasteiger partial charge is 0.491 e. The van der Waals surface area contributed by atoms with E-state index in [2.05, 4.69) is 48.6 Å². The smallest absolute Gasteiger partial charge is 0.119 e.